The summed E-state index contributed by atoms with van der Waals surface area (Å²) in [5.41, 5.74) is 0.558. The highest BCUT2D eigenvalue weighted by Crippen LogP contribution is 2.29. The van der Waals surface area contributed by atoms with Crippen molar-refractivity contribution in [2.24, 2.45) is 0 Å². The molecule has 0 saturated carbocycles. The molecule has 0 saturated heterocycles. The topological polar surface area (TPSA) is 29.5 Å². The van der Waals surface area contributed by atoms with Gasteiger partial charge in [0.1, 0.15) is 23.1 Å². The number of halogens is 2. The lowest BCUT2D eigenvalue weighted by Gasteiger charge is -2.12. The summed E-state index contributed by atoms with van der Waals surface area (Å²) in [5, 5.41) is 9.56. The molecule has 4 heteroatoms. The van der Waals surface area contributed by atoms with Gasteiger partial charge in [0.15, 0.2) is 0 Å². The molecule has 0 unspecified atom stereocenters. The lowest BCUT2D eigenvalue weighted by atomic mass is 10.1. The maximum Gasteiger partial charge on any atom is 0.133 e. The zero-order chi connectivity index (χ0) is 13.1. The molecule has 0 heterocycles. The molecule has 0 spiro atoms. The molecule has 1 N–H and O–H groups in total. The fourth-order valence-electron chi connectivity index (χ4n) is 1.63. The average Bonchev–Trinajstić information content (AvgIpc) is 2.27. The van der Waals surface area contributed by atoms with Crippen molar-refractivity contribution in [3.05, 3.63) is 59.7 Å². The van der Waals surface area contributed by atoms with Crippen molar-refractivity contribution >= 4 is 0 Å². The summed E-state index contributed by atoms with van der Waals surface area (Å²) in [4.78, 5) is 0. The largest absolute Gasteiger partial charge is 0.457 e. The normalized spacial score (nSPS) is 12.2. The van der Waals surface area contributed by atoms with Gasteiger partial charge in [-0.2, -0.15) is 0 Å². The van der Waals surface area contributed by atoms with Crippen LogP contribution < -0.4 is 4.74 Å². The number of hydrogen-bond donors (Lipinski definition) is 1. The van der Waals surface area contributed by atoms with Crippen molar-refractivity contribution in [1.29, 1.82) is 0 Å². The van der Waals surface area contributed by atoms with Gasteiger partial charge in [-0.25, -0.2) is 8.78 Å². The van der Waals surface area contributed by atoms with Crippen LogP contribution in [-0.4, -0.2) is 5.11 Å². The van der Waals surface area contributed by atoms with Crippen LogP contribution in [0.1, 0.15) is 18.6 Å². The fraction of sp³-hybridized carbons (Fsp3) is 0.143. The summed E-state index contributed by atoms with van der Waals surface area (Å²) in [7, 11) is 0. The van der Waals surface area contributed by atoms with E-state index in [9.17, 15) is 13.9 Å². The van der Waals surface area contributed by atoms with Crippen LogP contribution in [-0.2, 0) is 0 Å². The molecular weight excluding hydrogens is 238 g/mol. The quantitative estimate of drug-likeness (QED) is 0.897. The van der Waals surface area contributed by atoms with Crippen LogP contribution in [0, 0.1) is 11.6 Å². The van der Waals surface area contributed by atoms with Crippen LogP contribution >= 0.6 is 0 Å². The maximum atomic E-state index is 13.0. The van der Waals surface area contributed by atoms with Crippen LogP contribution in [0.15, 0.2) is 42.5 Å². The lowest BCUT2D eigenvalue weighted by molar-refractivity contribution is 0.195. The average molecular weight is 250 g/mol. The minimum atomic E-state index is -0.723. The molecule has 0 bridgehead atoms. The highest BCUT2D eigenvalue weighted by atomic mass is 19.1. The minimum absolute atomic E-state index is 0.0561. The van der Waals surface area contributed by atoms with Crippen LogP contribution in [0.4, 0.5) is 8.78 Å². The molecule has 0 aromatic heterocycles. The van der Waals surface area contributed by atoms with Gasteiger partial charge in [0.25, 0.3) is 0 Å². The first kappa shape index (κ1) is 12.5. The first-order valence-electron chi connectivity index (χ1n) is 5.47. The van der Waals surface area contributed by atoms with Crippen LogP contribution in [0.5, 0.6) is 11.5 Å². The van der Waals surface area contributed by atoms with E-state index in [4.69, 9.17) is 4.74 Å². The Morgan fingerprint density at radius 1 is 1.06 bits per heavy atom. The number of hydrogen-bond acceptors (Lipinski definition) is 2. The fourth-order valence-corrected chi connectivity index (χ4v) is 1.63. The van der Waals surface area contributed by atoms with E-state index >= 15 is 0 Å². The van der Waals surface area contributed by atoms with E-state index in [1.165, 1.54) is 0 Å². The van der Waals surface area contributed by atoms with E-state index in [0.29, 0.717) is 11.3 Å². The number of ether oxygens (including phenoxy) is 1. The van der Waals surface area contributed by atoms with Crippen molar-refractivity contribution in [3.63, 3.8) is 0 Å². The van der Waals surface area contributed by atoms with E-state index < -0.39 is 17.7 Å². The van der Waals surface area contributed by atoms with Gasteiger partial charge in [-0.05, 0) is 13.0 Å². The van der Waals surface area contributed by atoms with Crippen molar-refractivity contribution in [2.75, 3.05) is 0 Å². The molecule has 0 amide bonds. The van der Waals surface area contributed by atoms with Crippen LogP contribution in [0.25, 0.3) is 0 Å². The minimum Gasteiger partial charge on any atom is -0.457 e. The zero-order valence-corrected chi connectivity index (χ0v) is 9.73. The third-order valence-electron chi connectivity index (χ3n) is 2.43. The third-order valence-corrected chi connectivity index (χ3v) is 2.43. The Bertz CT molecular complexity index is 533. The number of aliphatic hydroxyl groups excluding tert-OH is 1. The van der Waals surface area contributed by atoms with E-state index in [2.05, 4.69) is 0 Å². The Balaban J connectivity index is 2.34. The van der Waals surface area contributed by atoms with E-state index in [1.807, 2.05) is 0 Å². The second-order valence-electron chi connectivity index (χ2n) is 3.92. The Morgan fingerprint density at radius 2 is 1.67 bits per heavy atom. The van der Waals surface area contributed by atoms with Gasteiger partial charge in [0.2, 0.25) is 0 Å². The molecule has 0 aliphatic heterocycles. The monoisotopic (exact) mass is 250 g/mol. The van der Waals surface area contributed by atoms with Crippen LogP contribution in [0.2, 0.25) is 0 Å². The highest BCUT2D eigenvalue weighted by molar-refractivity contribution is 5.39. The highest BCUT2D eigenvalue weighted by Gasteiger charge is 2.10. The van der Waals surface area contributed by atoms with E-state index in [1.54, 1.807) is 31.2 Å². The van der Waals surface area contributed by atoms with Crippen molar-refractivity contribution in [3.8, 4) is 11.5 Å². The van der Waals surface area contributed by atoms with Gasteiger partial charge in [-0.3, -0.25) is 0 Å². The molecule has 18 heavy (non-hydrogen) atoms. The molecule has 0 radical (unpaired) electrons. The Kier molecular flexibility index (Phi) is 3.58. The molecule has 2 rings (SSSR count). The van der Waals surface area contributed by atoms with Crippen molar-refractivity contribution in [2.45, 2.75) is 13.0 Å². The molecule has 0 fully saturated rings. The Hall–Kier alpha value is -1.94. The van der Waals surface area contributed by atoms with Gasteiger partial charge in [-0.15, -0.1) is 0 Å². The Labute approximate surface area is 103 Å². The van der Waals surface area contributed by atoms with Gasteiger partial charge in [-0.1, -0.05) is 18.2 Å². The second kappa shape index (κ2) is 5.14. The predicted octanol–water partition coefficient (Wildman–Crippen LogP) is 3.81. The number of para-hydroxylation sites is 1. The molecule has 2 aromatic carbocycles. The van der Waals surface area contributed by atoms with Crippen LogP contribution in [0.3, 0.4) is 0 Å². The lowest BCUT2D eigenvalue weighted by Crippen LogP contribution is -1.96. The summed E-state index contributed by atoms with van der Waals surface area (Å²) >= 11 is 0. The molecule has 0 aliphatic carbocycles. The van der Waals surface area contributed by atoms with Crippen molar-refractivity contribution < 1.29 is 18.6 Å². The van der Waals surface area contributed by atoms with Gasteiger partial charge >= 0.3 is 0 Å². The SMILES string of the molecule is C[C@H](O)c1ccccc1Oc1cc(F)cc(F)c1. The summed E-state index contributed by atoms with van der Waals surface area (Å²) in [6.07, 6.45) is -0.723. The summed E-state index contributed by atoms with van der Waals surface area (Å²) < 4.78 is 31.4. The standard InChI is InChI=1S/C14H12F2O2/c1-9(17)13-4-2-3-5-14(13)18-12-7-10(15)6-11(16)8-12/h2-9,17H,1H3/t9-/m0/s1. The van der Waals surface area contributed by atoms with E-state index in [0.717, 1.165) is 18.2 Å². The molecule has 94 valence electrons. The number of rotatable bonds is 3. The summed E-state index contributed by atoms with van der Waals surface area (Å²) in [5.74, 6) is -0.989. The van der Waals surface area contributed by atoms with Gasteiger partial charge in [0.05, 0.1) is 6.10 Å². The summed E-state index contributed by atoms with van der Waals surface area (Å²) in [6.45, 7) is 1.59. The molecule has 2 nitrogen and oxygen atoms in total. The number of benzene rings is 2. The maximum absolute atomic E-state index is 13.0. The zero-order valence-electron chi connectivity index (χ0n) is 9.73. The first-order chi connectivity index (χ1) is 8.56. The molecular formula is C14H12F2O2. The second-order valence-corrected chi connectivity index (χ2v) is 3.92. The van der Waals surface area contributed by atoms with Gasteiger partial charge < -0.3 is 9.84 Å². The number of aliphatic hydroxyl groups is 1. The molecule has 0 aliphatic rings. The van der Waals surface area contributed by atoms with Gasteiger partial charge in [0, 0.05) is 23.8 Å². The smallest absolute Gasteiger partial charge is 0.133 e. The molecule has 2 aromatic rings. The Morgan fingerprint density at radius 3 is 2.28 bits per heavy atom. The molecule has 1 atom stereocenters. The first-order valence-corrected chi connectivity index (χ1v) is 5.47. The van der Waals surface area contributed by atoms with Crippen molar-refractivity contribution in [1.82, 2.24) is 0 Å². The van der Waals surface area contributed by atoms with E-state index in [-0.39, 0.29) is 5.75 Å². The predicted molar refractivity (Wildman–Crippen MR) is 63.5 cm³/mol. The summed E-state index contributed by atoms with van der Waals surface area (Å²) in [6, 6.07) is 9.73. The third kappa shape index (κ3) is 2.84.